The van der Waals surface area contributed by atoms with Gasteiger partial charge in [-0.3, -0.25) is 9.79 Å². The van der Waals surface area contributed by atoms with Gasteiger partial charge in [0.25, 0.3) is 0 Å². The number of aromatic nitrogens is 1. The van der Waals surface area contributed by atoms with E-state index in [1.807, 2.05) is 6.07 Å². The summed E-state index contributed by atoms with van der Waals surface area (Å²) in [7, 11) is 1.77. The van der Waals surface area contributed by atoms with Gasteiger partial charge in [0, 0.05) is 58.2 Å². The zero-order valence-corrected chi connectivity index (χ0v) is 17.4. The number of ether oxygens (including phenoxy) is 1. The van der Waals surface area contributed by atoms with Crippen molar-refractivity contribution in [3.63, 3.8) is 0 Å². The Morgan fingerprint density at radius 2 is 2.24 bits per heavy atom. The Labute approximate surface area is 173 Å². The second kappa shape index (κ2) is 11.0. The fourth-order valence-electron chi connectivity index (χ4n) is 3.57. The summed E-state index contributed by atoms with van der Waals surface area (Å²) in [5, 5.41) is 6.69. The van der Waals surface area contributed by atoms with Crippen LogP contribution in [0.4, 0.5) is 5.82 Å². The molecule has 1 aromatic heterocycles. The number of primary amides is 1. The minimum absolute atomic E-state index is 0.108. The van der Waals surface area contributed by atoms with E-state index in [1.54, 1.807) is 13.2 Å². The molecular formula is C21H34N6O2. The summed E-state index contributed by atoms with van der Waals surface area (Å²) in [6.45, 7) is 4.64. The number of aliphatic imine (C=N–C) groups is 1. The number of hydrogen-bond donors (Lipinski definition) is 3. The number of nitrogens with two attached hydrogens (primary N) is 1. The van der Waals surface area contributed by atoms with Crippen LogP contribution in [0.2, 0.25) is 0 Å². The van der Waals surface area contributed by atoms with Crippen LogP contribution in [-0.2, 0) is 16.1 Å². The van der Waals surface area contributed by atoms with Crippen molar-refractivity contribution >= 4 is 17.7 Å². The van der Waals surface area contributed by atoms with Gasteiger partial charge < -0.3 is 26.0 Å². The molecule has 1 amide bonds. The lowest BCUT2D eigenvalue weighted by atomic mass is 9.97. The first-order chi connectivity index (χ1) is 14.2. The molecule has 1 saturated heterocycles. The number of carbonyl (C=O) groups excluding carboxylic acids is 1. The molecule has 0 bridgehead atoms. The van der Waals surface area contributed by atoms with Crippen molar-refractivity contribution in [1.29, 1.82) is 0 Å². The summed E-state index contributed by atoms with van der Waals surface area (Å²) >= 11 is 0. The van der Waals surface area contributed by atoms with E-state index in [9.17, 15) is 4.79 Å². The molecule has 2 heterocycles. The number of piperidine rings is 1. The summed E-state index contributed by atoms with van der Waals surface area (Å²) in [5.41, 5.74) is 6.60. The molecule has 8 nitrogen and oxygen atoms in total. The van der Waals surface area contributed by atoms with Crippen LogP contribution in [-0.4, -0.2) is 56.7 Å². The molecule has 0 aromatic carbocycles. The van der Waals surface area contributed by atoms with Crippen LogP contribution < -0.4 is 21.3 Å². The molecule has 1 unspecified atom stereocenters. The van der Waals surface area contributed by atoms with Crippen molar-refractivity contribution in [3.05, 3.63) is 23.9 Å². The maximum atomic E-state index is 11.6. The second-order valence-corrected chi connectivity index (χ2v) is 7.90. The first-order valence-electron chi connectivity index (χ1n) is 10.7. The van der Waals surface area contributed by atoms with Crippen molar-refractivity contribution in [3.8, 4) is 0 Å². The third-order valence-corrected chi connectivity index (χ3v) is 5.47. The second-order valence-electron chi connectivity index (χ2n) is 7.90. The van der Waals surface area contributed by atoms with Crippen molar-refractivity contribution < 1.29 is 9.53 Å². The van der Waals surface area contributed by atoms with Crippen molar-refractivity contribution in [2.45, 2.75) is 38.6 Å². The Morgan fingerprint density at radius 1 is 1.38 bits per heavy atom. The predicted octanol–water partition coefficient (Wildman–Crippen LogP) is 1.27. The van der Waals surface area contributed by atoms with Gasteiger partial charge in [0.15, 0.2) is 5.96 Å². The summed E-state index contributed by atoms with van der Waals surface area (Å²) in [6, 6.07) is 3.99. The van der Waals surface area contributed by atoms with Crippen LogP contribution in [0.5, 0.6) is 0 Å². The average Bonchev–Trinajstić information content (AvgIpc) is 3.57. The SMILES string of the molecule is CN=C(NCCCOCC1CC1)NCc1cccnc1N1CCCC(C(N)=O)C1. The van der Waals surface area contributed by atoms with Gasteiger partial charge >= 0.3 is 0 Å². The first kappa shape index (κ1) is 21.4. The molecule has 2 fully saturated rings. The molecule has 0 radical (unpaired) electrons. The zero-order chi connectivity index (χ0) is 20.5. The number of carbonyl (C=O) groups is 1. The van der Waals surface area contributed by atoms with Crippen LogP contribution in [0.15, 0.2) is 23.3 Å². The third-order valence-electron chi connectivity index (χ3n) is 5.47. The molecule has 8 heteroatoms. The van der Waals surface area contributed by atoms with E-state index in [4.69, 9.17) is 10.5 Å². The lowest BCUT2D eigenvalue weighted by Gasteiger charge is -2.33. The van der Waals surface area contributed by atoms with Gasteiger partial charge in [-0.25, -0.2) is 4.98 Å². The van der Waals surface area contributed by atoms with E-state index >= 15 is 0 Å². The number of pyridine rings is 1. The molecule has 2 aliphatic rings. The fourth-order valence-corrected chi connectivity index (χ4v) is 3.57. The highest BCUT2D eigenvalue weighted by atomic mass is 16.5. The van der Waals surface area contributed by atoms with Crippen LogP contribution in [0.1, 0.15) is 37.7 Å². The largest absolute Gasteiger partial charge is 0.381 e. The number of hydrogen-bond acceptors (Lipinski definition) is 5. The highest BCUT2D eigenvalue weighted by Crippen LogP contribution is 2.28. The topological polar surface area (TPSA) is 105 Å². The van der Waals surface area contributed by atoms with Gasteiger partial charge in [0.2, 0.25) is 5.91 Å². The van der Waals surface area contributed by atoms with Crippen molar-refractivity contribution in [2.24, 2.45) is 22.6 Å². The van der Waals surface area contributed by atoms with E-state index < -0.39 is 0 Å². The molecule has 160 valence electrons. The maximum Gasteiger partial charge on any atom is 0.222 e. The monoisotopic (exact) mass is 402 g/mol. The van der Waals surface area contributed by atoms with Crippen LogP contribution in [0, 0.1) is 11.8 Å². The Balaban J connectivity index is 1.45. The fraction of sp³-hybridized carbons (Fsp3) is 0.667. The van der Waals surface area contributed by atoms with E-state index in [2.05, 4.69) is 31.6 Å². The number of rotatable bonds is 10. The molecular weight excluding hydrogens is 368 g/mol. The third kappa shape index (κ3) is 6.88. The van der Waals surface area contributed by atoms with Crippen LogP contribution in [0.25, 0.3) is 0 Å². The molecule has 29 heavy (non-hydrogen) atoms. The van der Waals surface area contributed by atoms with E-state index in [0.29, 0.717) is 13.1 Å². The molecule has 1 saturated carbocycles. The smallest absolute Gasteiger partial charge is 0.222 e. The van der Waals surface area contributed by atoms with E-state index in [-0.39, 0.29) is 11.8 Å². The lowest BCUT2D eigenvalue weighted by molar-refractivity contribution is -0.122. The maximum absolute atomic E-state index is 11.6. The Kier molecular flexibility index (Phi) is 8.10. The number of anilines is 1. The Hall–Kier alpha value is -2.35. The molecule has 3 rings (SSSR count). The quantitative estimate of drug-likeness (QED) is 0.309. The van der Waals surface area contributed by atoms with Gasteiger partial charge in [-0.2, -0.15) is 0 Å². The zero-order valence-electron chi connectivity index (χ0n) is 17.4. The predicted molar refractivity (Wildman–Crippen MR) is 115 cm³/mol. The number of nitrogens with zero attached hydrogens (tertiary/aromatic N) is 3. The minimum Gasteiger partial charge on any atom is -0.381 e. The molecule has 0 spiro atoms. The molecule has 1 aromatic rings. The van der Waals surface area contributed by atoms with Gasteiger partial charge in [-0.15, -0.1) is 0 Å². The van der Waals surface area contributed by atoms with Crippen LogP contribution >= 0.6 is 0 Å². The highest BCUT2D eigenvalue weighted by molar-refractivity contribution is 5.80. The first-order valence-corrected chi connectivity index (χ1v) is 10.7. The normalized spacial score (nSPS) is 19.8. The molecule has 4 N–H and O–H groups in total. The lowest BCUT2D eigenvalue weighted by Crippen LogP contribution is -2.42. The number of nitrogens with one attached hydrogen (secondary N) is 2. The Morgan fingerprint density at radius 3 is 3.00 bits per heavy atom. The van der Waals surface area contributed by atoms with Crippen molar-refractivity contribution in [2.75, 3.05) is 44.8 Å². The van der Waals surface area contributed by atoms with Gasteiger partial charge in [-0.05, 0) is 44.1 Å². The van der Waals surface area contributed by atoms with Gasteiger partial charge in [-0.1, -0.05) is 6.07 Å². The molecule has 1 aliphatic heterocycles. The van der Waals surface area contributed by atoms with Crippen molar-refractivity contribution in [1.82, 2.24) is 15.6 Å². The number of amides is 1. The van der Waals surface area contributed by atoms with E-state index in [1.165, 1.54) is 12.8 Å². The highest BCUT2D eigenvalue weighted by Gasteiger charge is 2.26. The van der Waals surface area contributed by atoms with Gasteiger partial charge in [0.05, 0.1) is 5.92 Å². The molecule has 1 aliphatic carbocycles. The standard InChI is InChI=1S/C21H34N6O2/c1-23-21(25-10-4-12-29-15-16-7-8-16)26-13-17-5-2-9-24-20(17)27-11-3-6-18(14-27)19(22)28/h2,5,9,16,18H,3-4,6-8,10-15H2,1H3,(H2,22,28)(H2,23,25,26). The summed E-state index contributed by atoms with van der Waals surface area (Å²) in [4.78, 5) is 22.6. The van der Waals surface area contributed by atoms with Gasteiger partial charge in [0.1, 0.15) is 5.82 Å². The summed E-state index contributed by atoms with van der Waals surface area (Å²) in [5.74, 6) is 2.15. The molecule has 1 atom stereocenters. The number of guanidine groups is 1. The van der Waals surface area contributed by atoms with E-state index in [0.717, 1.165) is 68.8 Å². The minimum atomic E-state index is -0.226. The summed E-state index contributed by atoms with van der Waals surface area (Å²) < 4.78 is 5.66. The van der Waals surface area contributed by atoms with Crippen LogP contribution in [0.3, 0.4) is 0 Å². The average molecular weight is 403 g/mol. The summed E-state index contributed by atoms with van der Waals surface area (Å²) in [6.07, 6.45) is 7.20. The Bertz CT molecular complexity index is 692.